The first-order valence-electron chi connectivity index (χ1n) is 17.2. The summed E-state index contributed by atoms with van der Waals surface area (Å²) in [5.74, 6) is 1.06. The molecule has 5 nitrogen and oxygen atoms in total. The zero-order chi connectivity index (χ0) is 33.6. The van der Waals surface area contributed by atoms with Crippen molar-refractivity contribution >= 4 is 65.6 Å². The molecule has 0 amide bonds. The number of hydrogen-bond donors (Lipinski definition) is 0. The van der Waals surface area contributed by atoms with Crippen molar-refractivity contribution in [3.63, 3.8) is 0 Å². The van der Waals surface area contributed by atoms with Gasteiger partial charge in [0.2, 0.25) is 5.71 Å². The van der Waals surface area contributed by atoms with E-state index in [2.05, 4.69) is 149 Å². The fourth-order valence-electron chi connectivity index (χ4n) is 7.75. The number of imidazole rings is 1. The largest absolute Gasteiger partial charge is 0.437 e. The number of rotatable bonds is 4. The van der Waals surface area contributed by atoms with Gasteiger partial charge in [-0.25, -0.2) is 9.97 Å². The van der Waals surface area contributed by atoms with Gasteiger partial charge in [-0.15, -0.1) is 0 Å². The maximum absolute atomic E-state index is 6.74. The molecule has 5 heteroatoms. The predicted molar refractivity (Wildman–Crippen MR) is 204 cm³/mol. The van der Waals surface area contributed by atoms with Crippen LogP contribution in [-0.2, 0) is 6.42 Å². The fourth-order valence-corrected chi connectivity index (χ4v) is 7.75. The van der Waals surface area contributed by atoms with E-state index in [1.807, 2.05) is 0 Å². The molecule has 9 rings (SSSR count). The summed E-state index contributed by atoms with van der Waals surface area (Å²) in [5, 5.41) is 8.03. The number of fused-ring (bicyclic) bond motifs is 9. The molecule has 0 atom stereocenters. The maximum atomic E-state index is 6.74. The first-order chi connectivity index (χ1) is 23.7. The summed E-state index contributed by atoms with van der Waals surface area (Å²) in [4.78, 5) is 15.6. The van der Waals surface area contributed by atoms with Crippen LogP contribution >= 0.6 is 0 Å². The molecular formula is C44H38N4O. The lowest BCUT2D eigenvalue weighted by atomic mass is 9.89. The van der Waals surface area contributed by atoms with E-state index in [0.29, 0.717) is 5.71 Å². The third-order valence-corrected chi connectivity index (χ3v) is 9.74. The van der Waals surface area contributed by atoms with Crippen LogP contribution in [0.1, 0.15) is 57.5 Å². The lowest BCUT2D eigenvalue weighted by molar-refractivity contribution is 0.406. The molecule has 0 aliphatic rings. The van der Waals surface area contributed by atoms with Crippen molar-refractivity contribution < 1.29 is 4.42 Å². The summed E-state index contributed by atoms with van der Waals surface area (Å²) >= 11 is 0. The number of hydrogen-bond acceptors (Lipinski definition) is 4. The van der Waals surface area contributed by atoms with Crippen molar-refractivity contribution in [2.24, 2.45) is 5.41 Å². The number of aromatic nitrogens is 4. The van der Waals surface area contributed by atoms with Gasteiger partial charge in [0.05, 0.1) is 27.8 Å². The van der Waals surface area contributed by atoms with E-state index in [-0.39, 0.29) is 11.3 Å². The van der Waals surface area contributed by atoms with Gasteiger partial charge < -0.3 is 4.42 Å². The third kappa shape index (κ3) is 4.63. The summed E-state index contributed by atoms with van der Waals surface area (Å²) in [6.07, 6.45) is 0.870. The topological polar surface area (TPSA) is 56.7 Å². The summed E-state index contributed by atoms with van der Waals surface area (Å²) in [5.41, 5.74) is 9.75. The Hall–Kier alpha value is -5.55. The molecule has 0 N–H and O–H groups in total. The maximum Gasteiger partial charge on any atom is 0.227 e. The summed E-state index contributed by atoms with van der Waals surface area (Å²) < 4.78 is 9.13. The lowest BCUT2D eigenvalue weighted by Crippen LogP contribution is -2.10. The highest BCUT2D eigenvalue weighted by atomic mass is 16.3. The Balaban J connectivity index is 1.46. The molecule has 0 saturated heterocycles. The summed E-state index contributed by atoms with van der Waals surface area (Å²) in [6, 6.07) is 36.8. The Morgan fingerprint density at radius 2 is 1.37 bits per heavy atom. The molecule has 240 valence electrons. The molecule has 0 spiro atoms. The highest BCUT2D eigenvalue weighted by Crippen LogP contribution is 2.45. The minimum atomic E-state index is 0.120. The first kappa shape index (κ1) is 29.6. The Bertz CT molecular complexity index is 2780. The van der Waals surface area contributed by atoms with Gasteiger partial charge in [-0.2, -0.15) is 0 Å². The van der Waals surface area contributed by atoms with E-state index in [9.17, 15) is 0 Å². The number of benzene rings is 5. The van der Waals surface area contributed by atoms with Crippen molar-refractivity contribution in [2.45, 2.75) is 53.9 Å². The van der Waals surface area contributed by atoms with Gasteiger partial charge >= 0.3 is 0 Å². The zero-order valence-electron chi connectivity index (χ0n) is 28.8. The second-order valence-electron chi connectivity index (χ2n) is 14.9. The number of furan rings is 1. The van der Waals surface area contributed by atoms with Crippen molar-refractivity contribution in [3.8, 4) is 17.1 Å². The molecule has 4 aromatic heterocycles. The van der Waals surface area contributed by atoms with Crippen LogP contribution in [0.2, 0.25) is 0 Å². The zero-order valence-corrected chi connectivity index (χ0v) is 28.8. The average molecular weight is 639 g/mol. The standard InChI is InChI=1S/C44H38N4O/c1-25(2)37-31-14-9-7-12-29(31)30-13-8-10-15-32(30)39(37)48-40-36(23-20-27-19-18-26(3)45-38(27)40)47-42(48)35-17-11-16-33-34-22-21-28(24-44(4,5)6)46-43(34)49-41(33)35/h7-23,25H,24H2,1-6H3. The predicted octanol–water partition coefficient (Wildman–Crippen LogP) is 11.9. The van der Waals surface area contributed by atoms with Gasteiger partial charge in [-0.1, -0.05) is 107 Å². The summed E-state index contributed by atoms with van der Waals surface area (Å²) in [7, 11) is 0. The Morgan fingerprint density at radius 1 is 0.673 bits per heavy atom. The summed E-state index contributed by atoms with van der Waals surface area (Å²) in [6.45, 7) is 13.4. The molecule has 0 aliphatic carbocycles. The molecule has 9 aromatic rings. The molecule has 0 fully saturated rings. The van der Waals surface area contributed by atoms with Gasteiger partial charge in [0.25, 0.3) is 0 Å². The quantitative estimate of drug-likeness (QED) is 0.180. The van der Waals surface area contributed by atoms with E-state index in [1.165, 1.54) is 27.1 Å². The van der Waals surface area contributed by atoms with Crippen molar-refractivity contribution in [3.05, 3.63) is 120 Å². The molecule has 0 bridgehead atoms. The van der Waals surface area contributed by atoms with Crippen molar-refractivity contribution in [1.82, 2.24) is 19.5 Å². The van der Waals surface area contributed by atoms with E-state index < -0.39 is 0 Å². The van der Waals surface area contributed by atoms with Crippen LogP contribution in [0.3, 0.4) is 0 Å². The minimum Gasteiger partial charge on any atom is -0.437 e. The van der Waals surface area contributed by atoms with E-state index in [0.717, 1.165) is 73.2 Å². The first-order valence-corrected chi connectivity index (χ1v) is 17.2. The molecule has 5 aromatic carbocycles. The average Bonchev–Trinajstić information content (AvgIpc) is 3.65. The fraction of sp³-hybridized carbons (Fsp3) is 0.205. The molecule has 0 saturated carbocycles. The van der Waals surface area contributed by atoms with Gasteiger partial charge in [0, 0.05) is 32.9 Å². The number of para-hydroxylation sites is 1. The SMILES string of the molecule is Cc1ccc2ccc3nc(-c4cccc5c4oc4nc(CC(C)(C)C)ccc45)n(-c4c(C(C)C)c5ccccc5c5ccccc45)c3c2n1. The van der Waals surface area contributed by atoms with Gasteiger partial charge in [0.15, 0.2) is 0 Å². The van der Waals surface area contributed by atoms with Crippen LogP contribution in [0.4, 0.5) is 0 Å². The van der Waals surface area contributed by atoms with Crippen LogP contribution in [0.25, 0.3) is 82.6 Å². The molecule has 0 unspecified atom stereocenters. The van der Waals surface area contributed by atoms with Crippen LogP contribution in [0, 0.1) is 12.3 Å². The Morgan fingerprint density at radius 3 is 2.12 bits per heavy atom. The lowest BCUT2D eigenvalue weighted by Gasteiger charge is -2.23. The second kappa shape index (κ2) is 10.7. The molecule has 0 aliphatic heterocycles. The van der Waals surface area contributed by atoms with E-state index >= 15 is 0 Å². The monoisotopic (exact) mass is 638 g/mol. The van der Waals surface area contributed by atoms with Crippen LogP contribution in [0.15, 0.2) is 108 Å². The highest BCUT2D eigenvalue weighted by Gasteiger charge is 2.27. The Kier molecular flexibility index (Phi) is 6.48. The van der Waals surface area contributed by atoms with Gasteiger partial charge in [-0.3, -0.25) is 9.55 Å². The van der Waals surface area contributed by atoms with E-state index in [1.54, 1.807) is 0 Å². The smallest absolute Gasteiger partial charge is 0.227 e. The minimum absolute atomic E-state index is 0.120. The second-order valence-corrected chi connectivity index (χ2v) is 14.9. The van der Waals surface area contributed by atoms with Crippen molar-refractivity contribution in [1.29, 1.82) is 0 Å². The Labute approximate surface area is 285 Å². The van der Waals surface area contributed by atoms with Crippen LogP contribution < -0.4 is 0 Å². The van der Waals surface area contributed by atoms with Gasteiger partial charge in [0.1, 0.15) is 11.4 Å². The number of nitrogens with zero attached hydrogens (tertiary/aromatic N) is 4. The number of pyridine rings is 2. The van der Waals surface area contributed by atoms with E-state index in [4.69, 9.17) is 19.4 Å². The molecule has 4 heterocycles. The van der Waals surface area contributed by atoms with Crippen LogP contribution in [0.5, 0.6) is 0 Å². The molecule has 49 heavy (non-hydrogen) atoms. The van der Waals surface area contributed by atoms with Crippen LogP contribution in [-0.4, -0.2) is 19.5 Å². The molecular weight excluding hydrogens is 601 g/mol. The van der Waals surface area contributed by atoms with Gasteiger partial charge in [-0.05, 0) is 76.7 Å². The normalized spacial score (nSPS) is 12.6. The number of aryl methyl sites for hydroxylation is 1. The third-order valence-electron chi connectivity index (χ3n) is 9.74. The molecule has 0 radical (unpaired) electrons. The highest BCUT2D eigenvalue weighted by molar-refractivity contribution is 6.16. The van der Waals surface area contributed by atoms with Crippen molar-refractivity contribution in [2.75, 3.05) is 0 Å².